The molecule has 1 fully saturated rings. The lowest BCUT2D eigenvalue weighted by Crippen LogP contribution is -2.63. The number of amides is 11. The van der Waals surface area contributed by atoms with Gasteiger partial charge in [-0.05, 0) is 93.8 Å². The molecule has 0 bridgehead atoms. The molecule has 86 heavy (non-hydrogen) atoms. The Bertz CT molecular complexity index is 2350. The van der Waals surface area contributed by atoms with Crippen LogP contribution < -0.4 is 21.3 Å². The zero-order chi connectivity index (χ0) is 66.7. The van der Waals surface area contributed by atoms with Crippen molar-refractivity contribution in [3.8, 4) is 0 Å². The fourth-order valence-electron chi connectivity index (χ4n) is 11.0. The molecule has 0 aromatic heterocycles. The molecule has 0 radical (unpaired) electrons. The van der Waals surface area contributed by atoms with Crippen LogP contribution >= 0.6 is 0 Å². The fourth-order valence-corrected chi connectivity index (χ4v) is 11.0. The maximum Gasteiger partial charge on any atom is 0.246 e. The number of aliphatic hydroxyl groups is 1. The van der Waals surface area contributed by atoms with Crippen molar-refractivity contribution in [2.75, 3.05) is 55.9 Å². The van der Waals surface area contributed by atoms with Crippen LogP contribution in [-0.2, 0) is 52.7 Å². The van der Waals surface area contributed by atoms with Crippen LogP contribution in [0.3, 0.4) is 0 Å². The lowest BCUT2D eigenvalue weighted by Gasteiger charge is -2.41. The first-order chi connectivity index (χ1) is 39.8. The molecule has 1 heterocycles. The van der Waals surface area contributed by atoms with Gasteiger partial charge in [0.05, 0.1) is 12.6 Å². The number of nitrogens with one attached hydrogen (secondary N) is 4. The van der Waals surface area contributed by atoms with Gasteiger partial charge in [0.2, 0.25) is 65.0 Å². The molecular weight excluding hydrogens is 1100 g/mol. The summed E-state index contributed by atoms with van der Waals surface area (Å²) in [4.78, 5) is 169. The molecule has 492 valence electrons. The summed E-state index contributed by atoms with van der Waals surface area (Å²) in [5.41, 5.74) is 0. The highest BCUT2D eigenvalue weighted by Gasteiger charge is 2.46. The molecule has 23 heteroatoms. The molecule has 0 aliphatic carbocycles. The molecular formula is C63H113N11O12. The summed E-state index contributed by atoms with van der Waals surface area (Å²) >= 11 is 0. The van der Waals surface area contributed by atoms with E-state index in [-0.39, 0.29) is 49.9 Å². The molecule has 23 nitrogen and oxygen atoms in total. The van der Waals surface area contributed by atoms with E-state index in [2.05, 4.69) is 21.3 Å². The van der Waals surface area contributed by atoms with Crippen molar-refractivity contribution in [3.05, 3.63) is 12.2 Å². The van der Waals surface area contributed by atoms with E-state index < -0.39 is 162 Å². The molecule has 0 aromatic rings. The third kappa shape index (κ3) is 21.0. The SMILES string of the molecule is C/C=C/C[C@@H](C)[C@@H](O)[C@H]1C(=O)N[C@@H](CC)C(=O)N(C)CC(=O)N(C)[C@@H](C(C)CC)C(=O)N[C@@H](C(C)C)C(=O)N(C)[C@@H](CC(C)C)C(=O)N[C@@H](CC)C(=O)N[C@H](C)C(=O)N(C)[C@@H](CC(C)C)C(=O)N(C)[C@@H](CC(C)C)C(=O)N(C)[C@@H](C(C)C)C(=O)N1C. The van der Waals surface area contributed by atoms with Gasteiger partial charge in [-0.1, -0.05) is 122 Å². The summed E-state index contributed by atoms with van der Waals surface area (Å²) in [5.74, 6) is -9.97. The van der Waals surface area contributed by atoms with Crippen LogP contribution in [0.5, 0.6) is 0 Å². The number of hydrogen-bond donors (Lipinski definition) is 5. The topological polar surface area (TPSA) is 279 Å². The van der Waals surface area contributed by atoms with E-state index in [9.17, 15) is 43.5 Å². The largest absolute Gasteiger partial charge is 0.390 e. The van der Waals surface area contributed by atoms with Crippen LogP contribution in [0.25, 0.3) is 0 Å². The van der Waals surface area contributed by atoms with Crippen molar-refractivity contribution in [1.82, 2.24) is 55.6 Å². The molecule has 0 spiro atoms. The number of likely N-dealkylation sites (N-methyl/N-ethyl adjacent to an activating group) is 7. The number of aliphatic hydroxyl groups excluding tert-OH is 1. The first kappa shape index (κ1) is 77.9. The number of carbonyl (C=O) groups is 11. The predicted octanol–water partition coefficient (Wildman–Crippen LogP) is 3.66. The van der Waals surface area contributed by atoms with E-state index in [0.717, 1.165) is 9.80 Å². The maximum absolute atomic E-state index is 15.2. The van der Waals surface area contributed by atoms with Gasteiger partial charge in [0, 0.05) is 49.3 Å². The van der Waals surface area contributed by atoms with Gasteiger partial charge in [0.25, 0.3) is 0 Å². The normalized spacial score (nSPS) is 27.0. The van der Waals surface area contributed by atoms with E-state index >= 15 is 14.4 Å². The standard InChI is InChI=1S/C63H113N11O12/c1-25-29-30-41(16)53(76)52-57(80)66-44(28-4)59(82)68(18)34-48(75)72(22)51(40(15)26-2)56(79)67-49(38(11)12)62(85)69(19)45(31-35(5)6)55(78)65-43(27-3)54(77)64-42(17)58(81)70(20)46(32-36(7)8)60(83)71(21)47(33-37(9)10)61(84)73(23)50(39(13)14)63(86)74(52)24/h25,29,35-47,49-53,76H,26-28,30-34H2,1-24H3,(H,64,77)(H,65,78)(H,66,80)(H,67,79)/b29-25+/t40?,41-,42-,43+,44+,45+,46+,47+,49+,50+,51+,52+,53-/m1/s1. The van der Waals surface area contributed by atoms with Gasteiger partial charge >= 0.3 is 0 Å². The minimum atomic E-state index is -1.61. The zero-order valence-corrected chi connectivity index (χ0v) is 56.8. The van der Waals surface area contributed by atoms with Gasteiger partial charge in [0.15, 0.2) is 0 Å². The van der Waals surface area contributed by atoms with Gasteiger partial charge < -0.3 is 60.7 Å². The molecule has 5 N–H and O–H groups in total. The molecule has 0 saturated carbocycles. The highest BCUT2D eigenvalue weighted by atomic mass is 16.3. The Morgan fingerprint density at radius 2 is 0.919 bits per heavy atom. The Kier molecular flexibility index (Phi) is 32.3. The van der Waals surface area contributed by atoms with Gasteiger partial charge in [-0.2, -0.15) is 0 Å². The van der Waals surface area contributed by atoms with Crippen LogP contribution in [0, 0.1) is 41.4 Å². The zero-order valence-electron chi connectivity index (χ0n) is 56.8. The van der Waals surface area contributed by atoms with Crippen molar-refractivity contribution >= 4 is 65.0 Å². The van der Waals surface area contributed by atoms with E-state index in [1.54, 1.807) is 68.4 Å². The Labute approximate surface area is 515 Å². The smallest absolute Gasteiger partial charge is 0.246 e. The summed E-state index contributed by atoms with van der Waals surface area (Å²) in [6.45, 7) is 29.5. The van der Waals surface area contributed by atoms with Crippen LogP contribution in [0.1, 0.15) is 163 Å². The van der Waals surface area contributed by atoms with Crippen molar-refractivity contribution in [1.29, 1.82) is 0 Å². The quantitative estimate of drug-likeness (QED) is 0.139. The van der Waals surface area contributed by atoms with Crippen molar-refractivity contribution in [2.24, 2.45) is 41.4 Å². The summed E-state index contributed by atoms with van der Waals surface area (Å²) in [6, 6.07) is -12.3. The molecule has 1 saturated heterocycles. The monoisotopic (exact) mass is 1220 g/mol. The third-order valence-corrected chi connectivity index (χ3v) is 16.8. The molecule has 1 unspecified atom stereocenters. The first-order valence-corrected chi connectivity index (χ1v) is 31.2. The Hall–Kier alpha value is -6.13. The first-order valence-electron chi connectivity index (χ1n) is 31.2. The molecule has 1 rings (SSSR count). The highest BCUT2D eigenvalue weighted by molar-refractivity contribution is 5.99. The molecule has 1 aliphatic heterocycles. The van der Waals surface area contributed by atoms with Crippen LogP contribution in [0.15, 0.2) is 12.2 Å². The summed E-state index contributed by atoms with van der Waals surface area (Å²) in [7, 11) is 9.95. The van der Waals surface area contributed by atoms with Crippen molar-refractivity contribution in [3.63, 3.8) is 0 Å². The second-order valence-electron chi connectivity index (χ2n) is 26.0. The highest BCUT2D eigenvalue weighted by Crippen LogP contribution is 2.26. The number of nitrogens with zero attached hydrogens (tertiary/aromatic N) is 7. The maximum atomic E-state index is 15.2. The van der Waals surface area contributed by atoms with Crippen LogP contribution in [-0.4, -0.2) is 227 Å². The van der Waals surface area contributed by atoms with Crippen molar-refractivity contribution in [2.45, 2.75) is 229 Å². The minimum Gasteiger partial charge on any atom is -0.390 e. The van der Waals surface area contributed by atoms with E-state index in [4.69, 9.17) is 0 Å². The van der Waals surface area contributed by atoms with Gasteiger partial charge in [-0.15, -0.1) is 0 Å². The number of allylic oxidation sites excluding steroid dienone is 2. The average molecular weight is 1220 g/mol. The summed E-state index contributed by atoms with van der Waals surface area (Å²) < 4.78 is 0. The second kappa shape index (κ2) is 35.6. The second-order valence-corrected chi connectivity index (χ2v) is 26.0. The van der Waals surface area contributed by atoms with Crippen molar-refractivity contribution < 1.29 is 57.8 Å². The lowest BCUT2D eigenvalue weighted by molar-refractivity contribution is -0.157. The molecule has 13 atom stereocenters. The van der Waals surface area contributed by atoms with E-state index in [0.29, 0.717) is 12.8 Å². The van der Waals surface area contributed by atoms with Gasteiger partial charge in [-0.25, -0.2) is 0 Å². The van der Waals surface area contributed by atoms with Crippen LogP contribution in [0.2, 0.25) is 0 Å². The van der Waals surface area contributed by atoms with Gasteiger partial charge in [-0.3, -0.25) is 52.7 Å². The molecule has 11 amide bonds. The lowest BCUT2D eigenvalue weighted by atomic mass is 9.91. The van der Waals surface area contributed by atoms with Crippen LogP contribution in [0.4, 0.5) is 0 Å². The Morgan fingerprint density at radius 1 is 0.477 bits per heavy atom. The third-order valence-electron chi connectivity index (χ3n) is 16.8. The minimum absolute atomic E-state index is 0.0226. The average Bonchev–Trinajstić information content (AvgIpc) is 2.12. The number of hydrogen-bond acceptors (Lipinski definition) is 12. The Morgan fingerprint density at radius 3 is 1.37 bits per heavy atom. The fraction of sp³-hybridized carbons (Fsp3) is 0.794. The number of rotatable bonds is 16. The number of carbonyl (C=O) groups excluding carboxylic acids is 11. The molecule has 0 aromatic carbocycles. The van der Waals surface area contributed by atoms with E-state index in [1.165, 1.54) is 80.8 Å². The summed E-state index contributed by atoms with van der Waals surface area (Å²) in [6.07, 6.45) is 3.41. The van der Waals surface area contributed by atoms with Gasteiger partial charge in [0.1, 0.15) is 60.4 Å². The van der Waals surface area contributed by atoms with E-state index in [1.807, 2.05) is 54.5 Å². The summed E-state index contributed by atoms with van der Waals surface area (Å²) in [5, 5.41) is 23.2. The predicted molar refractivity (Wildman–Crippen MR) is 333 cm³/mol. The Balaban J connectivity index is 4.36. The molecule has 1 aliphatic rings.